The SMILES string of the molecule is CC1CC2CC(C1C)C1(C(C)C)C(C)C2C1(C)C(C)(C)C. The summed E-state index contributed by atoms with van der Waals surface area (Å²) < 4.78 is 0. The van der Waals surface area contributed by atoms with Crippen LogP contribution in [0.25, 0.3) is 0 Å². The molecule has 8 unspecified atom stereocenters. The highest BCUT2D eigenvalue weighted by atomic mass is 14.8. The molecule has 0 saturated heterocycles. The zero-order chi connectivity index (χ0) is 16.0. The van der Waals surface area contributed by atoms with Crippen LogP contribution in [0.5, 0.6) is 0 Å². The summed E-state index contributed by atoms with van der Waals surface area (Å²) in [5.41, 5.74) is 1.52. The quantitative estimate of drug-likeness (QED) is 0.534. The molecular weight excluding hydrogens is 252 g/mol. The van der Waals surface area contributed by atoms with E-state index in [1.807, 2.05) is 0 Å². The summed E-state index contributed by atoms with van der Waals surface area (Å²) in [5.74, 6) is 6.51. The highest BCUT2D eigenvalue weighted by Gasteiger charge is 2.79. The van der Waals surface area contributed by atoms with Gasteiger partial charge in [0, 0.05) is 0 Å². The van der Waals surface area contributed by atoms with Crippen molar-refractivity contribution >= 4 is 0 Å². The fourth-order valence-corrected chi connectivity index (χ4v) is 8.42. The predicted molar refractivity (Wildman–Crippen MR) is 92.0 cm³/mol. The first-order valence-corrected chi connectivity index (χ1v) is 9.51. The molecule has 4 aliphatic rings. The largest absolute Gasteiger partial charge is 0.0622 e. The molecule has 0 nitrogen and oxygen atoms in total. The van der Waals surface area contributed by atoms with E-state index in [9.17, 15) is 0 Å². The van der Waals surface area contributed by atoms with Crippen molar-refractivity contribution in [1.82, 2.24) is 0 Å². The van der Waals surface area contributed by atoms with E-state index >= 15 is 0 Å². The van der Waals surface area contributed by atoms with Crippen LogP contribution < -0.4 is 0 Å². The average molecular weight is 291 g/mol. The molecular formula is C21H38. The molecule has 0 heterocycles. The van der Waals surface area contributed by atoms with Gasteiger partial charge in [0.05, 0.1) is 0 Å². The zero-order valence-electron chi connectivity index (χ0n) is 16.0. The standard InChI is InChI=1S/C21H38/c1-12(2)21-15(5)18(20(21,9)19(6,7)8)16-10-13(3)14(4)17(21)11-16/h12-18H,10-11H2,1-9H3. The topological polar surface area (TPSA) is 0 Å². The maximum atomic E-state index is 2.68. The normalized spacial score (nSPS) is 56.3. The van der Waals surface area contributed by atoms with Gasteiger partial charge < -0.3 is 0 Å². The zero-order valence-corrected chi connectivity index (χ0v) is 16.0. The molecule has 0 radical (unpaired) electrons. The first-order valence-electron chi connectivity index (χ1n) is 9.51. The highest BCUT2D eigenvalue weighted by molar-refractivity contribution is 5.26. The van der Waals surface area contributed by atoms with E-state index in [1.54, 1.807) is 0 Å². The van der Waals surface area contributed by atoms with Crippen molar-refractivity contribution in [2.45, 2.75) is 75.2 Å². The van der Waals surface area contributed by atoms with Crippen LogP contribution in [0.15, 0.2) is 0 Å². The Balaban J connectivity index is 2.18. The molecule has 4 bridgehead atoms. The maximum absolute atomic E-state index is 2.68. The Kier molecular flexibility index (Phi) is 3.25. The summed E-state index contributed by atoms with van der Waals surface area (Å²) in [6, 6.07) is 0. The molecule has 4 saturated carbocycles. The van der Waals surface area contributed by atoms with E-state index in [2.05, 4.69) is 62.3 Å². The molecule has 0 aromatic carbocycles. The lowest BCUT2D eigenvalue weighted by atomic mass is 9.21. The van der Waals surface area contributed by atoms with Crippen molar-refractivity contribution in [3.05, 3.63) is 0 Å². The van der Waals surface area contributed by atoms with Crippen molar-refractivity contribution in [1.29, 1.82) is 0 Å². The van der Waals surface area contributed by atoms with Crippen molar-refractivity contribution in [3.63, 3.8) is 0 Å². The molecule has 4 rings (SSSR count). The third kappa shape index (κ3) is 1.49. The summed E-state index contributed by atoms with van der Waals surface area (Å²) in [6.07, 6.45) is 3.02. The molecule has 0 heteroatoms. The lowest BCUT2D eigenvalue weighted by Gasteiger charge is -2.83. The molecule has 0 spiro atoms. The van der Waals surface area contributed by atoms with E-state index in [0.29, 0.717) is 16.2 Å². The van der Waals surface area contributed by atoms with Crippen molar-refractivity contribution in [2.24, 2.45) is 57.7 Å². The Morgan fingerprint density at radius 1 is 1.00 bits per heavy atom. The Labute approximate surface area is 133 Å². The fourth-order valence-electron chi connectivity index (χ4n) is 8.42. The van der Waals surface area contributed by atoms with Gasteiger partial charge in [0.2, 0.25) is 0 Å². The lowest BCUT2D eigenvalue weighted by Crippen LogP contribution is -2.79. The summed E-state index contributed by atoms with van der Waals surface area (Å²) in [5, 5.41) is 0. The van der Waals surface area contributed by atoms with Crippen LogP contribution in [0.3, 0.4) is 0 Å². The molecule has 0 amide bonds. The van der Waals surface area contributed by atoms with Crippen LogP contribution in [-0.2, 0) is 0 Å². The van der Waals surface area contributed by atoms with Crippen LogP contribution in [0, 0.1) is 57.7 Å². The van der Waals surface area contributed by atoms with Crippen LogP contribution >= 0.6 is 0 Å². The average Bonchev–Trinajstić information content (AvgIpc) is 2.34. The third-order valence-electron chi connectivity index (χ3n) is 9.26. The van der Waals surface area contributed by atoms with Crippen LogP contribution in [0.1, 0.15) is 75.2 Å². The van der Waals surface area contributed by atoms with Crippen LogP contribution in [0.4, 0.5) is 0 Å². The minimum atomic E-state index is 0.422. The van der Waals surface area contributed by atoms with Gasteiger partial charge in [-0.25, -0.2) is 0 Å². The van der Waals surface area contributed by atoms with Gasteiger partial charge in [-0.15, -0.1) is 0 Å². The molecule has 0 aromatic rings. The summed E-state index contributed by atoms with van der Waals surface area (Å²) >= 11 is 0. The molecule has 0 N–H and O–H groups in total. The summed E-state index contributed by atoms with van der Waals surface area (Å²) in [4.78, 5) is 0. The van der Waals surface area contributed by atoms with Crippen molar-refractivity contribution in [2.75, 3.05) is 0 Å². The lowest BCUT2D eigenvalue weighted by molar-refractivity contribution is -0.361. The third-order valence-corrected chi connectivity index (χ3v) is 9.26. The number of hydrogen-bond acceptors (Lipinski definition) is 0. The van der Waals surface area contributed by atoms with E-state index in [4.69, 9.17) is 0 Å². The Bertz CT molecular complexity index is 428. The van der Waals surface area contributed by atoms with Gasteiger partial charge in [-0.1, -0.05) is 62.3 Å². The van der Waals surface area contributed by atoms with E-state index in [-0.39, 0.29) is 0 Å². The van der Waals surface area contributed by atoms with Crippen molar-refractivity contribution < 1.29 is 0 Å². The minimum Gasteiger partial charge on any atom is -0.0622 e. The fraction of sp³-hybridized carbons (Fsp3) is 1.00. The molecule has 0 aromatic heterocycles. The number of rotatable bonds is 1. The predicted octanol–water partition coefficient (Wildman–Crippen LogP) is 6.26. The van der Waals surface area contributed by atoms with E-state index in [0.717, 1.165) is 41.4 Å². The van der Waals surface area contributed by atoms with Crippen molar-refractivity contribution in [3.8, 4) is 0 Å². The van der Waals surface area contributed by atoms with E-state index < -0.39 is 0 Å². The molecule has 21 heavy (non-hydrogen) atoms. The molecule has 8 atom stereocenters. The van der Waals surface area contributed by atoms with Gasteiger partial charge in [-0.05, 0) is 70.5 Å². The molecule has 0 aliphatic heterocycles. The van der Waals surface area contributed by atoms with Crippen LogP contribution in [-0.4, -0.2) is 0 Å². The van der Waals surface area contributed by atoms with Gasteiger partial charge in [0.25, 0.3) is 0 Å². The second-order valence-corrected chi connectivity index (χ2v) is 10.5. The Morgan fingerprint density at radius 2 is 1.57 bits per heavy atom. The molecule has 122 valence electrons. The summed E-state index contributed by atoms with van der Waals surface area (Å²) in [6.45, 7) is 23.0. The van der Waals surface area contributed by atoms with Gasteiger partial charge in [-0.2, -0.15) is 0 Å². The maximum Gasteiger partial charge on any atom is -0.0153 e. The van der Waals surface area contributed by atoms with Gasteiger partial charge in [-0.3, -0.25) is 0 Å². The van der Waals surface area contributed by atoms with E-state index in [1.165, 1.54) is 12.8 Å². The molecule has 4 fully saturated rings. The minimum absolute atomic E-state index is 0.422. The first-order chi connectivity index (χ1) is 9.51. The molecule has 4 aliphatic carbocycles. The first kappa shape index (κ1) is 15.9. The smallest absolute Gasteiger partial charge is 0.0153 e. The second-order valence-electron chi connectivity index (χ2n) is 10.5. The van der Waals surface area contributed by atoms with Gasteiger partial charge >= 0.3 is 0 Å². The Hall–Kier alpha value is 0. The van der Waals surface area contributed by atoms with Gasteiger partial charge in [0.15, 0.2) is 0 Å². The summed E-state index contributed by atoms with van der Waals surface area (Å²) in [7, 11) is 0. The van der Waals surface area contributed by atoms with Gasteiger partial charge in [0.1, 0.15) is 0 Å². The van der Waals surface area contributed by atoms with Crippen LogP contribution in [0.2, 0.25) is 0 Å². The highest BCUT2D eigenvalue weighted by Crippen LogP contribution is 2.84. The number of hydrogen-bond donors (Lipinski definition) is 0. The Morgan fingerprint density at radius 3 is 2.05 bits per heavy atom. The second kappa shape index (κ2) is 4.30. The monoisotopic (exact) mass is 290 g/mol.